The smallest absolute Gasteiger partial charge is 0.315 e. The van der Waals surface area contributed by atoms with Gasteiger partial charge in [-0.3, -0.25) is 4.98 Å². The van der Waals surface area contributed by atoms with Gasteiger partial charge in [-0.25, -0.2) is 9.18 Å². The zero-order valence-corrected chi connectivity index (χ0v) is 8.75. The van der Waals surface area contributed by atoms with Crippen LogP contribution in [0.4, 0.5) is 9.18 Å². The van der Waals surface area contributed by atoms with Crippen molar-refractivity contribution in [2.45, 2.75) is 26.4 Å². The quantitative estimate of drug-likeness (QED) is 0.794. The van der Waals surface area contributed by atoms with Crippen molar-refractivity contribution >= 4 is 6.03 Å². The van der Waals surface area contributed by atoms with Crippen LogP contribution >= 0.6 is 0 Å². The van der Waals surface area contributed by atoms with E-state index in [9.17, 15) is 9.18 Å². The van der Waals surface area contributed by atoms with Crippen molar-refractivity contribution in [1.29, 1.82) is 0 Å². The first-order chi connectivity index (χ1) is 7.09. The van der Waals surface area contributed by atoms with Crippen LogP contribution in [0.25, 0.3) is 0 Å². The molecule has 1 aromatic heterocycles. The van der Waals surface area contributed by atoms with E-state index >= 15 is 0 Å². The lowest BCUT2D eigenvalue weighted by Gasteiger charge is -2.09. The number of pyridine rings is 1. The largest absolute Gasteiger partial charge is 0.336 e. The van der Waals surface area contributed by atoms with Gasteiger partial charge in [-0.2, -0.15) is 0 Å². The summed E-state index contributed by atoms with van der Waals surface area (Å²) >= 11 is 0. The Balaban J connectivity index is 2.44. The molecule has 0 atom stereocenters. The maximum absolute atomic E-state index is 13.1. The van der Waals surface area contributed by atoms with Gasteiger partial charge in [-0.15, -0.1) is 0 Å². The lowest BCUT2D eigenvalue weighted by molar-refractivity contribution is 0.238. The van der Waals surface area contributed by atoms with Crippen molar-refractivity contribution in [3.63, 3.8) is 0 Å². The van der Waals surface area contributed by atoms with Gasteiger partial charge in [0.2, 0.25) is 0 Å². The zero-order chi connectivity index (χ0) is 11.3. The maximum atomic E-state index is 13.1. The highest BCUT2D eigenvalue weighted by molar-refractivity contribution is 5.73. The van der Waals surface area contributed by atoms with E-state index in [0.717, 1.165) is 0 Å². The fraction of sp³-hybridized carbons (Fsp3) is 0.400. The molecule has 2 N–H and O–H groups in total. The van der Waals surface area contributed by atoms with Crippen LogP contribution in [0.5, 0.6) is 0 Å². The normalized spacial score (nSPS) is 10.1. The van der Waals surface area contributed by atoms with Gasteiger partial charge in [0.1, 0.15) is 5.82 Å². The standard InChI is InChI=1S/C10H14FN3O/c1-7(2)14-10(15)13-6-9-8(11)4-3-5-12-9/h3-5,7H,6H2,1-2H3,(H2,13,14,15). The van der Waals surface area contributed by atoms with E-state index in [1.807, 2.05) is 13.8 Å². The molecule has 0 aromatic carbocycles. The minimum Gasteiger partial charge on any atom is -0.336 e. The van der Waals surface area contributed by atoms with Crippen molar-refractivity contribution < 1.29 is 9.18 Å². The Morgan fingerprint density at radius 3 is 2.93 bits per heavy atom. The van der Waals surface area contributed by atoms with E-state index in [2.05, 4.69) is 15.6 Å². The Hall–Kier alpha value is -1.65. The molecule has 0 fully saturated rings. The molecule has 15 heavy (non-hydrogen) atoms. The van der Waals surface area contributed by atoms with Gasteiger partial charge in [-0.1, -0.05) is 0 Å². The number of hydrogen-bond donors (Lipinski definition) is 2. The number of nitrogens with zero attached hydrogens (tertiary/aromatic N) is 1. The molecule has 1 rings (SSSR count). The van der Waals surface area contributed by atoms with E-state index in [4.69, 9.17) is 0 Å². The molecule has 1 heterocycles. The molecular formula is C10H14FN3O. The van der Waals surface area contributed by atoms with Crippen molar-refractivity contribution in [2.24, 2.45) is 0 Å². The Labute approximate surface area is 87.9 Å². The predicted octanol–water partition coefficient (Wildman–Crippen LogP) is 1.43. The monoisotopic (exact) mass is 211 g/mol. The highest BCUT2D eigenvalue weighted by Crippen LogP contribution is 2.01. The molecule has 0 unspecified atom stereocenters. The maximum Gasteiger partial charge on any atom is 0.315 e. The fourth-order valence-electron chi connectivity index (χ4n) is 1.03. The molecule has 0 aliphatic heterocycles. The highest BCUT2D eigenvalue weighted by Gasteiger charge is 2.05. The van der Waals surface area contributed by atoms with Crippen LogP contribution in [0.15, 0.2) is 18.3 Å². The minimum atomic E-state index is -0.414. The van der Waals surface area contributed by atoms with E-state index < -0.39 is 5.82 Å². The SMILES string of the molecule is CC(C)NC(=O)NCc1ncccc1F. The second-order valence-electron chi connectivity index (χ2n) is 3.41. The summed E-state index contributed by atoms with van der Waals surface area (Å²) in [6.07, 6.45) is 1.49. The van der Waals surface area contributed by atoms with Gasteiger partial charge in [0.25, 0.3) is 0 Å². The summed E-state index contributed by atoms with van der Waals surface area (Å²) in [5, 5.41) is 5.15. The molecule has 5 heteroatoms. The molecule has 0 aliphatic carbocycles. The number of urea groups is 1. The topological polar surface area (TPSA) is 54.0 Å². The molecule has 0 radical (unpaired) electrons. The summed E-state index contributed by atoms with van der Waals surface area (Å²) in [5.41, 5.74) is 0.233. The van der Waals surface area contributed by atoms with Crippen LogP contribution < -0.4 is 10.6 Å². The van der Waals surface area contributed by atoms with Gasteiger partial charge in [0.05, 0.1) is 12.2 Å². The second kappa shape index (κ2) is 5.29. The molecule has 82 valence electrons. The fourth-order valence-corrected chi connectivity index (χ4v) is 1.03. The van der Waals surface area contributed by atoms with Crippen LogP contribution in [-0.4, -0.2) is 17.1 Å². The first kappa shape index (κ1) is 11.4. The van der Waals surface area contributed by atoms with Crippen molar-refractivity contribution in [3.8, 4) is 0 Å². The summed E-state index contributed by atoms with van der Waals surface area (Å²) in [6.45, 7) is 3.78. The Bertz CT molecular complexity index is 341. The van der Waals surface area contributed by atoms with E-state index in [-0.39, 0.29) is 24.3 Å². The summed E-state index contributed by atoms with van der Waals surface area (Å²) in [7, 11) is 0. The summed E-state index contributed by atoms with van der Waals surface area (Å²) < 4.78 is 13.1. The van der Waals surface area contributed by atoms with Gasteiger partial charge < -0.3 is 10.6 Å². The number of nitrogens with one attached hydrogen (secondary N) is 2. The lowest BCUT2D eigenvalue weighted by atomic mass is 10.3. The number of halogens is 1. The van der Waals surface area contributed by atoms with Crippen LogP contribution in [0.1, 0.15) is 19.5 Å². The van der Waals surface area contributed by atoms with E-state index in [1.165, 1.54) is 18.3 Å². The third-order valence-electron chi connectivity index (χ3n) is 1.67. The van der Waals surface area contributed by atoms with Crippen molar-refractivity contribution in [1.82, 2.24) is 15.6 Å². The number of rotatable bonds is 3. The molecular weight excluding hydrogens is 197 g/mol. The average molecular weight is 211 g/mol. The Kier molecular flexibility index (Phi) is 4.03. The highest BCUT2D eigenvalue weighted by atomic mass is 19.1. The Morgan fingerprint density at radius 1 is 1.60 bits per heavy atom. The van der Waals surface area contributed by atoms with Crippen LogP contribution in [0, 0.1) is 5.82 Å². The molecule has 0 saturated heterocycles. The van der Waals surface area contributed by atoms with Gasteiger partial charge in [0.15, 0.2) is 0 Å². The second-order valence-corrected chi connectivity index (χ2v) is 3.41. The van der Waals surface area contributed by atoms with E-state index in [0.29, 0.717) is 0 Å². The number of carbonyl (C=O) groups excluding carboxylic acids is 1. The van der Waals surface area contributed by atoms with Crippen LogP contribution in [0.3, 0.4) is 0 Å². The molecule has 4 nitrogen and oxygen atoms in total. The third kappa shape index (κ3) is 3.93. The van der Waals surface area contributed by atoms with Gasteiger partial charge >= 0.3 is 6.03 Å². The zero-order valence-electron chi connectivity index (χ0n) is 8.75. The predicted molar refractivity (Wildman–Crippen MR) is 54.7 cm³/mol. The minimum absolute atomic E-state index is 0.0542. The number of aromatic nitrogens is 1. The van der Waals surface area contributed by atoms with Gasteiger partial charge in [0, 0.05) is 12.2 Å². The van der Waals surface area contributed by atoms with Crippen LogP contribution in [-0.2, 0) is 6.54 Å². The lowest BCUT2D eigenvalue weighted by Crippen LogP contribution is -2.39. The Morgan fingerprint density at radius 2 is 2.33 bits per heavy atom. The van der Waals surface area contributed by atoms with Crippen molar-refractivity contribution in [2.75, 3.05) is 0 Å². The van der Waals surface area contributed by atoms with Crippen molar-refractivity contribution in [3.05, 3.63) is 29.8 Å². The summed E-state index contributed by atoms with van der Waals surface area (Å²) in [5.74, 6) is -0.414. The molecule has 0 saturated carbocycles. The first-order valence-electron chi connectivity index (χ1n) is 4.73. The molecule has 0 aliphatic rings. The molecule has 1 aromatic rings. The number of amides is 2. The molecule has 2 amide bonds. The average Bonchev–Trinajstić information content (AvgIpc) is 2.15. The third-order valence-corrected chi connectivity index (χ3v) is 1.67. The first-order valence-corrected chi connectivity index (χ1v) is 4.73. The molecule has 0 spiro atoms. The number of hydrogen-bond acceptors (Lipinski definition) is 2. The summed E-state index contributed by atoms with van der Waals surface area (Å²) in [6, 6.07) is 2.55. The van der Waals surface area contributed by atoms with Crippen LogP contribution in [0.2, 0.25) is 0 Å². The van der Waals surface area contributed by atoms with Gasteiger partial charge in [-0.05, 0) is 26.0 Å². The molecule has 0 bridgehead atoms. The summed E-state index contributed by atoms with van der Waals surface area (Å²) in [4.78, 5) is 15.0. The van der Waals surface area contributed by atoms with E-state index in [1.54, 1.807) is 0 Å². The number of carbonyl (C=O) groups is 1.